The second-order valence-electron chi connectivity index (χ2n) is 10.2. The van der Waals surface area contributed by atoms with Gasteiger partial charge in [-0.2, -0.15) is 0 Å². The van der Waals surface area contributed by atoms with Crippen molar-refractivity contribution in [2.24, 2.45) is 17.8 Å². The molecule has 7 nitrogen and oxygen atoms in total. The van der Waals surface area contributed by atoms with Crippen LogP contribution in [0.5, 0.6) is 0 Å². The van der Waals surface area contributed by atoms with Crippen LogP contribution in [0, 0.1) is 17.8 Å². The van der Waals surface area contributed by atoms with Gasteiger partial charge in [0.05, 0.1) is 24.9 Å². The molecule has 1 aromatic rings. The molecular weight excluding hydrogens is 529 g/mol. The summed E-state index contributed by atoms with van der Waals surface area (Å²) >= 11 is 17.7. The van der Waals surface area contributed by atoms with Crippen molar-refractivity contribution in [3.8, 4) is 0 Å². The number of amides is 1. The van der Waals surface area contributed by atoms with Crippen LogP contribution in [0.3, 0.4) is 0 Å². The Morgan fingerprint density at radius 3 is 2.36 bits per heavy atom. The van der Waals surface area contributed by atoms with E-state index in [0.717, 1.165) is 12.0 Å². The average molecular weight is 565 g/mol. The fraction of sp³-hybridized carbons (Fsp3) is 0.731. The number of hydrogen-bond donors (Lipinski definition) is 1. The average Bonchev–Trinajstić information content (AvgIpc) is 2.85. The third-order valence-corrected chi connectivity index (χ3v) is 8.45. The minimum atomic E-state index is -2.13. The van der Waals surface area contributed by atoms with E-state index < -0.39 is 52.7 Å². The molecule has 3 heterocycles. The number of hydrogen-bond acceptors (Lipinski definition) is 6. The van der Waals surface area contributed by atoms with E-state index in [-0.39, 0.29) is 12.0 Å². The van der Waals surface area contributed by atoms with E-state index in [2.05, 4.69) is 33.0 Å². The van der Waals surface area contributed by atoms with Crippen LogP contribution in [-0.4, -0.2) is 59.2 Å². The molecule has 1 N–H and O–H groups in total. The normalized spacial score (nSPS) is 41.4. The highest BCUT2D eigenvalue weighted by molar-refractivity contribution is 6.76. The summed E-state index contributed by atoms with van der Waals surface area (Å²) in [6.07, 6.45) is -2.19. The summed E-state index contributed by atoms with van der Waals surface area (Å²) < 4.78 is 29.7. The molecule has 0 spiro atoms. The van der Waals surface area contributed by atoms with Gasteiger partial charge in [0.1, 0.15) is 18.3 Å². The van der Waals surface area contributed by atoms with Crippen LogP contribution in [0.1, 0.15) is 52.9 Å². The Balaban J connectivity index is 1.63. The number of rotatable bonds is 5. The second-order valence-corrected chi connectivity index (χ2v) is 12.5. The summed E-state index contributed by atoms with van der Waals surface area (Å²) in [5.41, 5.74) is 0.881. The number of ether oxygens (including phenoxy) is 5. The third-order valence-electron chi connectivity index (χ3n) is 7.94. The van der Waals surface area contributed by atoms with Crippen LogP contribution in [0.15, 0.2) is 30.3 Å². The summed E-state index contributed by atoms with van der Waals surface area (Å²) in [5, 5.41) is 2.83. The Kier molecular flexibility index (Phi) is 9.16. The maximum atomic E-state index is 12.7. The maximum Gasteiger partial charge on any atom is 0.272 e. The van der Waals surface area contributed by atoms with Gasteiger partial charge in [-0.25, -0.2) is 0 Å². The van der Waals surface area contributed by atoms with Gasteiger partial charge in [-0.3, -0.25) is 4.79 Å². The quantitative estimate of drug-likeness (QED) is 0.497. The summed E-state index contributed by atoms with van der Waals surface area (Å²) in [6.45, 7) is 10.8. The number of nitrogens with one attached hydrogen (secondary N) is 1. The molecule has 4 rings (SSSR count). The molecule has 0 bridgehead atoms. The van der Waals surface area contributed by atoms with Gasteiger partial charge in [0.15, 0.2) is 12.6 Å². The van der Waals surface area contributed by atoms with Gasteiger partial charge in [0.25, 0.3) is 9.70 Å². The molecule has 3 saturated heterocycles. The molecule has 1 aromatic carbocycles. The Hall–Kier alpha value is -0.640. The first-order chi connectivity index (χ1) is 17.0. The van der Waals surface area contributed by atoms with Crippen molar-refractivity contribution in [2.75, 3.05) is 6.61 Å². The zero-order chi connectivity index (χ0) is 26.2. The lowest BCUT2D eigenvalue weighted by Crippen LogP contribution is -2.68. The van der Waals surface area contributed by atoms with E-state index in [0.29, 0.717) is 18.4 Å². The number of carbonyl (C=O) groups excluding carboxylic acids is 1. The number of halogens is 3. The highest BCUT2D eigenvalue weighted by Crippen LogP contribution is 2.41. The molecule has 0 radical (unpaired) electrons. The zero-order valence-corrected chi connectivity index (χ0v) is 23.5. The van der Waals surface area contributed by atoms with Crippen molar-refractivity contribution in [1.29, 1.82) is 0 Å². The summed E-state index contributed by atoms with van der Waals surface area (Å²) in [6, 6.07) is 9.03. The Bertz CT molecular complexity index is 884. The van der Waals surface area contributed by atoms with Crippen LogP contribution in [0.4, 0.5) is 0 Å². The van der Waals surface area contributed by atoms with Gasteiger partial charge < -0.3 is 29.0 Å². The van der Waals surface area contributed by atoms with Gasteiger partial charge in [-0.05, 0) is 25.2 Å². The molecule has 0 aromatic heterocycles. The number of fused-ring (bicyclic) bond motifs is 1. The third kappa shape index (κ3) is 5.99. The lowest BCUT2D eigenvalue weighted by Gasteiger charge is -2.51. The highest BCUT2D eigenvalue weighted by Gasteiger charge is 2.53. The van der Waals surface area contributed by atoms with E-state index >= 15 is 0 Å². The molecule has 0 saturated carbocycles. The van der Waals surface area contributed by atoms with Crippen molar-refractivity contribution < 1.29 is 28.5 Å². The number of benzene rings is 1. The highest BCUT2D eigenvalue weighted by atomic mass is 35.6. The summed E-state index contributed by atoms with van der Waals surface area (Å²) in [7, 11) is 0. The van der Waals surface area contributed by atoms with Crippen molar-refractivity contribution in [3.05, 3.63) is 35.9 Å². The van der Waals surface area contributed by atoms with Crippen LogP contribution >= 0.6 is 34.8 Å². The molecule has 36 heavy (non-hydrogen) atoms. The molecule has 11 atom stereocenters. The Morgan fingerprint density at radius 2 is 1.72 bits per heavy atom. The smallest absolute Gasteiger partial charge is 0.272 e. The molecule has 202 valence electrons. The first kappa shape index (κ1) is 28.4. The minimum absolute atomic E-state index is 0.0659. The van der Waals surface area contributed by atoms with Crippen molar-refractivity contribution in [3.63, 3.8) is 0 Å². The first-order valence-corrected chi connectivity index (χ1v) is 13.8. The van der Waals surface area contributed by atoms with Gasteiger partial charge in [0, 0.05) is 11.5 Å². The predicted molar refractivity (Wildman–Crippen MR) is 138 cm³/mol. The van der Waals surface area contributed by atoms with E-state index in [4.69, 9.17) is 58.5 Å². The topological polar surface area (TPSA) is 75.3 Å². The molecule has 11 unspecified atom stereocenters. The van der Waals surface area contributed by atoms with Crippen molar-refractivity contribution >= 4 is 40.7 Å². The van der Waals surface area contributed by atoms with Gasteiger partial charge >= 0.3 is 0 Å². The summed E-state index contributed by atoms with van der Waals surface area (Å²) in [4.78, 5) is 12.7. The van der Waals surface area contributed by atoms with E-state index in [1.807, 2.05) is 37.3 Å². The number of alkyl halides is 3. The summed E-state index contributed by atoms with van der Waals surface area (Å²) in [5.74, 6) is 0.142. The SMILES string of the molecule is CCC1OC(OC2C(NC(=O)C(Cl)(Cl)Cl)C(C)OC3COC(c4ccccc4)OC32)C(C)C(C)C1C. The van der Waals surface area contributed by atoms with Crippen molar-refractivity contribution in [1.82, 2.24) is 5.32 Å². The Labute approximate surface area is 228 Å². The predicted octanol–water partition coefficient (Wildman–Crippen LogP) is 5.17. The standard InChI is InChI=1S/C26H36Cl3NO6/c1-6-18-14(3)13(2)15(4)23(34-18)36-22-20(30-25(31)26(27,28)29)16(5)33-19-12-32-24(35-21(19)22)17-10-8-7-9-11-17/h7-11,13-16,18-24H,6,12H2,1-5H3,(H,30,31). The van der Waals surface area contributed by atoms with Crippen molar-refractivity contribution in [2.45, 2.75) is 94.0 Å². The number of carbonyl (C=O) groups is 1. The lowest BCUT2D eigenvalue weighted by molar-refractivity contribution is -0.347. The van der Waals surface area contributed by atoms with E-state index in [1.165, 1.54) is 0 Å². The first-order valence-electron chi connectivity index (χ1n) is 12.7. The van der Waals surface area contributed by atoms with E-state index in [1.54, 1.807) is 0 Å². The molecule has 3 aliphatic rings. The van der Waals surface area contributed by atoms with E-state index in [9.17, 15) is 4.79 Å². The fourth-order valence-electron chi connectivity index (χ4n) is 5.43. The molecule has 0 aliphatic carbocycles. The monoisotopic (exact) mass is 563 g/mol. The molecule has 3 fully saturated rings. The second kappa shape index (κ2) is 11.6. The zero-order valence-electron chi connectivity index (χ0n) is 21.2. The van der Waals surface area contributed by atoms with Gasteiger partial charge in [0.2, 0.25) is 0 Å². The van der Waals surface area contributed by atoms with Crippen LogP contribution in [0.2, 0.25) is 0 Å². The minimum Gasteiger partial charge on any atom is -0.368 e. The van der Waals surface area contributed by atoms with Gasteiger partial charge in [-0.1, -0.05) is 92.8 Å². The fourth-order valence-corrected chi connectivity index (χ4v) is 5.59. The van der Waals surface area contributed by atoms with Crippen LogP contribution < -0.4 is 5.32 Å². The largest absolute Gasteiger partial charge is 0.368 e. The van der Waals surface area contributed by atoms with Crippen LogP contribution in [0.25, 0.3) is 0 Å². The lowest BCUT2D eigenvalue weighted by atomic mass is 9.78. The van der Waals surface area contributed by atoms with Crippen LogP contribution in [-0.2, 0) is 28.5 Å². The Morgan fingerprint density at radius 1 is 1.03 bits per heavy atom. The molecule has 10 heteroatoms. The molecular formula is C26H36Cl3NO6. The maximum absolute atomic E-state index is 12.7. The molecule has 3 aliphatic heterocycles. The van der Waals surface area contributed by atoms with Gasteiger partial charge in [-0.15, -0.1) is 0 Å². The molecule has 1 amide bonds.